The van der Waals surface area contributed by atoms with Crippen molar-refractivity contribution in [1.29, 1.82) is 0 Å². The number of rotatable bonds is 7. The van der Waals surface area contributed by atoms with Crippen LogP contribution in [0.25, 0.3) is 10.2 Å². The van der Waals surface area contributed by atoms with Gasteiger partial charge in [0.2, 0.25) is 10.0 Å². The molecular weight excluding hydrogens is 489 g/mol. The van der Waals surface area contributed by atoms with E-state index in [-0.39, 0.29) is 17.0 Å². The predicted octanol–water partition coefficient (Wildman–Crippen LogP) is 4.80. The summed E-state index contributed by atoms with van der Waals surface area (Å²) in [5.74, 6) is 2.02. The van der Waals surface area contributed by atoms with Crippen LogP contribution in [-0.4, -0.2) is 36.8 Å². The van der Waals surface area contributed by atoms with E-state index in [1.165, 1.54) is 39.9 Å². The molecule has 0 unspecified atom stereocenters. The zero-order valence-electron chi connectivity index (χ0n) is 17.5. The van der Waals surface area contributed by atoms with E-state index >= 15 is 0 Å². The number of benzene rings is 2. The van der Waals surface area contributed by atoms with Gasteiger partial charge in [0.25, 0.3) is 5.91 Å². The van der Waals surface area contributed by atoms with Crippen LogP contribution in [0, 0.1) is 12.3 Å². The van der Waals surface area contributed by atoms with Gasteiger partial charge in [0.1, 0.15) is 0 Å². The Morgan fingerprint density at radius 1 is 1.22 bits per heavy atom. The van der Waals surface area contributed by atoms with Crippen molar-refractivity contribution in [2.45, 2.75) is 31.2 Å². The molecule has 10 heteroatoms. The standard InChI is InChI=1S/C22H21Cl2N3O3S2/c1-4-6-14-26(3)32(29,30)16-9-7-15(8-10-16)21(28)25-22-27(13-5-2)20-18(31-22)12-11-17(23)19(20)24/h2,7-12H,4,6,13-14H2,1,3H3. The van der Waals surface area contributed by atoms with Gasteiger partial charge in [-0.15, -0.1) is 6.42 Å². The number of carbonyl (C=O) groups excluding carboxylic acids is 1. The minimum Gasteiger partial charge on any atom is -0.303 e. The Morgan fingerprint density at radius 2 is 1.91 bits per heavy atom. The van der Waals surface area contributed by atoms with Crippen molar-refractivity contribution in [3.05, 3.63) is 56.8 Å². The monoisotopic (exact) mass is 509 g/mol. The molecule has 0 bridgehead atoms. The molecule has 0 saturated heterocycles. The van der Waals surface area contributed by atoms with E-state index in [2.05, 4.69) is 10.9 Å². The Hall–Kier alpha value is -2.15. The molecule has 0 spiro atoms. The second-order valence-electron chi connectivity index (χ2n) is 7.00. The first kappa shape index (κ1) is 24.5. The zero-order chi connectivity index (χ0) is 23.5. The predicted molar refractivity (Wildman–Crippen MR) is 130 cm³/mol. The van der Waals surface area contributed by atoms with Crippen molar-refractivity contribution in [1.82, 2.24) is 8.87 Å². The SMILES string of the molecule is C#CCn1c(=NC(=O)c2ccc(S(=O)(=O)N(C)CCCC)cc2)sc2ccc(Cl)c(Cl)c21. The summed E-state index contributed by atoms with van der Waals surface area (Å²) in [4.78, 5) is 17.5. The highest BCUT2D eigenvalue weighted by atomic mass is 35.5. The van der Waals surface area contributed by atoms with Crippen LogP contribution in [0.2, 0.25) is 10.0 Å². The van der Waals surface area contributed by atoms with Crippen LogP contribution in [0.1, 0.15) is 30.1 Å². The molecule has 6 nitrogen and oxygen atoms in total. The van der Waals surface area contributed by atoms with Crippen LogP contribution >= 0.6 is 34.5 Å². The number of carbonyl (C=O) groups is 1. The number of aromatic nitrogens is 1. The second kappa shape index (κ2) is 10.2. The van der Waals surface area contributed by atoms with E-state index in [0.29, 0.717) is 26.9 Å². The third kappa shape index (κ3) is 4.92. The van der Waals surface area contributed by atoms with Gasteiger partial charge in [0, 0.05) is 19.2 Å². The summed E-state index contributed by atoms with van der Waals surface area (Å²) in [6.45, 7) is 2.59. The van der Waals surface area contributed by atoms with Crippen molar-refractivity contribution in [3.8, 4) is 12.3 Å². The van der Waals surface area contributed by atoms with Gasteiger partial charge in [-0.1, -0.05) is 53.8 Å². The third-order valence-electron chi connectivity index (χ3n) is 4.82. The maximum atomic E-state index is 12.8. The Morgan fingerprint density at radius 3 is 2.53 bits per heavy atom. The Kier molecular flexibility index (Phi) is 7.80. The number of hydrogen-bond donors (Lipinski definition) is 0. The lowest BCUT2D eigenvalue weighted by molar-refractivity contribution is 0.0998. The van der Waals surface area contributed by atoms with E-state index in [4.69, 9.17) is 29.6 Å². The van der Waals surface area contributed by atoms with Gasteiger partial charge in [0.05, 0.1) is 31.7 Å². The molecule has 1 heterocycles. The number of sulfonamides is 1. The van der Waals surface area contributed by atoms with Gasteiger partial charge < -0.3 is 4.57 Å². The number of hydrogen-bond acceptors (Lipinski definition) is 4. The van der Waals surface area contributed by atoms with Crippen LogP contribution in [-0.2, 0) is 16.6 Å². The highest BCUT2D eigenvalue weighted by Gasteiger charge is 2.20. The number of unbranched alkanes of at least 4 members (excludes halogenated alkanes) is 1. The molecule has 168 valence electrons. The Balaban J connectivity index is 1.97. The number of nitrogens with zero attached hydrogens (tertiary/aromatic N) is 3. The normalized spacial score (nSPS) is 12.4. The fraction of sp³-hybridized carbons (Fsp3) is 0.273. The molecule has 0 aliphatic rings. The highest BCUT2D eigenvalue weighted by molar-refractivity contribution is 7.89. The lowest BCUT2D eigenvalue weighted by Gasteiger charge is -2.16. The summed E-state index contributed by atoms with van der Waals surface area (Å²) in [6.07, 6.45) is 7.16. The van der Waals surface area contributed by atoms with Crippen molar-refractivity contribution >= 4 is 60.7 Å². The zero-order valence-corrected chi connectivity index (χ0v) is 20.7. The molecular formula is C22H21Cl2N3O3S2. The Labute approximate surface area is 201 Å². The molecule has 0 radical (unpaired) electrons. The lowest BCUT2D eigenvalue weighted by Crippen LogP contribution is -2.27. The second-order valence-corrected chi connectivity index (χ2v) is 10.8. The number of fused-ring (bicyclic) bond motifs is 1. The smallest absolute Gasteiger partial charge is 0.279 e. The van der Waals surface area contributed by atoms with E-state index in [9.17, 15) is 13.2 Å². The first-order chi connectivity index (χ1) is 15.2. The molecule has 1 aromatic heterocycles. The van der Waals surface area contributed by atoms with Gasteiger partial charge in [-0.2, -0.15) is 4.99 Å². The van der Waals surface area contributed by atoms with E-state index in [1.807, 2.05) is 6.92 Å². The van der Waals surface area contributed by atoms with Gasteiger partial charge in [0.15, 0.2) is 4.80 Å². The van der Waals surface area contributed by atoms with Crippen LogP contribution in [0.4, 0.5) is 0 Å². The first-order valence-corrected chi connectivity index (χ1v) is 12.8. The number of terminal acetylenes is 1. The molecule has 0 aliphatic heterocycles. The van der Waals surface area contributed by atoms with Crippen molar-refractivity contribution < 1.29 is 13.2 Å². The molecule has 32 heavy (non-hydrogen) atoms. The van der Waals surface area contributed by atoms with E-state index in [0.717, 1.165) is 17.5 Å². The molecule has 0 saturated carbocycles. The Bertz CT molecular complexity index is 1370. The summed E-state index contributed by atoms with van der Waals surface area (Å²) < 4.78 is 29.1. The number of amides is 1. The van der Waals surface area contributed by atoms with Crippen LogP contribution < -0.4 is 4.80 Å². The maximum Gasteiger partial charge on any atom is 0.279 e. The highest BCUT2D eigenvalue weighted by Crippen LogP contribution is 2.32. The first-order valence-electron chi connectivity index (χ1n) is 9.77. The molecule has 3 aromatic rings. The quantitative estimate of drug-likeness (QED) is 0.429. The minimum absolute atomic E-state index is 0.123. The summed E-state index contributed by atoms with van der Waals surface area (Å²) in [6, 6.07) is 9.20. The molecule has 0 N–H and O–H groups in total. The van der Waals surface area contributed by atoms with Gasteiger partial charge >= 0.3 is 0 Å². The molecule has 1 amide bonds. The molecule has 0 aliphatic carbocycles. The fourth-order valence-corrected chi connectivity index (χ4v) is 5.75. The topological polar surface area (TPSA) is 71.7 Å². The molecule has 3 rings (SSSR count). The van der Waals surface area contributed by atoms with Crippen molar-refractivity contribution in [2.75, 3.05) is 13.6 Å². The third-order valence-corrected chi connectivity index (χ3v) is 8.53. The van der Waals surface area contributed by atoms with E-state index < -0.39 is 15.9 Å². The van der Waals surface area contributed by atoms with Crippen LogP contribution in [0.15, 0.2) is 46.3 Å². The maximum absolute atomic E-state index is 12.8. The summed E-state index contributed by atoms with van der Waals surface area (Å²) >= 11 is 13.7. The van der Waals surface area contributed by atoms with Gasteiger partial charge in [-0.05, 0) is 42.8 Å². The molecule has 2 aromatic carbocycles. The van der Waals surface area contributed by atoms with Crippen LogP contribution in [0.5, 0.6) is 0 Å². The summed E-state index contributed by atoms with van der Waals surface area (Å²) in [5, 5.41) is 0.715. The van der Waals surface area contributed by atoms with E-state index in [1.54, 1.807) is 23.7 Å². The average Bonchev–Trinajstić information content (AvgIpc) is 3.12. The van der Waals surface area contributed by atoms with Crippen LogP contribution in [0.3, 0.4) is 0 Å². The van der Waals surface area contributed by atoms with Crippen molar-refractivity contribution in [2.24, 2.45) is 4.99 Å². The summed E-state index contributed by atoms with van der Waals surface area (Å²) in [7, 11) is -2.07. The number of thiazole rings is 1. The molecule has 0 atom stereocenters. The molecule has 0 fully saturated rings. The number of halogens is 2. The largest absolute Gasteiger partial charge is 0.303 e. The van der Waals surface area contributed by atoms with Crippen molar-refractivity contribution in [3.63, 3.8) is 0 Å². The summed E-state index contributed by atoms with van der Waals surface area (Å²) in [5.41, 5.74) is 0.874. The lowest BCUT2D eigenvalue weighted by atomic mass is 10.2. The van der Waals surface area contributed by atoms with Gasteiger partial charge in [-0.25, -0.2) is 12.7 Å². The fourth-order valence-electron chi connectivity index (χ4n) is 3.03. The average molecular weight is 510 g/mol. The minimum atomic E-state index is -3.61. The van der Waals surface area contributed by atoms with Gasteiger partial charge in [-0.3, -0.25) is 4.79 Å².